The Labute approximate surface area is 179 Å². The maximum absolute atomic E-state index is 12.4. The molecule has 0 aliphatic rings. The third-order valence-corrected chi connectivity index (χ3v) is 4.72. The molecular weight excluding hydrogens is 390 g/mol. The van der Waals surface area contributed by atoms with Crippen LogP contribution in [0.1, 0.15) is 6.92 Å². The molecule has 0 fully saturated rings. The average molecular weight is 411 g/mol. The van der Waals surface area contributed by atoms with E-state index in [0.717, 1.165) is 11.1 Å². The van der Waals surface area contributed by atoms with Gasteiger partial charge in [0.25, 0.3) is 5.56 Å². The lowest BCUT2D eigenvalue weighted by Gasteiger charge is -2.15. The van der Waals surface area contributed by atoms with E-state index in [1.807, 2.05) is 66.7 Å². The lowest BCUT2D eigenvalue weighted by Crippen LogP contribution is -2.19. The van der Waals surface area contributed by atoms with Crippen LogP contribution in [-0.4, -0.2) is 15.7 Å². The van der Waals surface area contributed by atoms with E-state index in [0.29, 0.717) is 28.4 Å². The molecule has 6 heteroatoms. The minimum absolute atomic E-state index is 0.143. The number of nitrogens with one attached hydrogen (secondary N) is 1. The Hall–Kier alpha value is -4.19. The number of hydrogen-bond donors (Lipinski definition) is 1. The third-order valence-electron chi connectivity index (χ3n) is 4.72. The van der Waals surface area contributed by atoms with Gasteiger partial charge in [-0.25, -0.2) is 4.68 Å². The number of aryl methyl sites for hydroxylation is 1. The fourth-order valence-corrected chi connectivity index (χ4v) is 3.26. The van der Waals surface area contributed by atoms with E-state index in [4.69, 9.17) is 4.74 Å². The number of rotatable bonds is 5. The van der Waals surface area contributed by atoms with Crippen LogP contribution in [0.25, 0.3) is 22.4 Å². The largest absolute Gasteiger partial charge is 0.457 e. The Morgan fingerprint density at radius 3 is 2.29 bits per heavy atom. The summed E-state index contributed by atoms with van der Waals surface area (Å²) in [4.78, 5) is 23.7. The van der Waals surface area contributed by atoms with Gasteiger partial charge in [-0.15, -0.1) is 0 Å². The number of anilines is 1. The van der Waals surface area contributed by atoms with Crippen molar-refractivity contribution in [2.45, 2.75) is 6.92 Å². The number of para-hydroxylation sites is 2. The van der Waals surface area contributed by atoms with Crippen molar-refractivity contribution >= 4 is 11.6 Å². The Kier molecular flexibility index (Phi) is 5.62. The second-order valence-corrected chi connectivity index (χ2v) is 7.04. The van der Waals surface area contributed by atoms with Crippen molar-refractivity contribution in [1.29, 1.82) is 0 Å². The zero-order chi connectivity index (χ0) is 21.8. The SMILES string of the molecule is CC(=O)Nc1ccc(-c2cc(=O)n(C)nc2-c2ccccc2Oc2ccccc2)cc1. The molecule has 4 aromatic rings. The molecule has 0 atom stereocenters. The summed E-state index contributed by atoms with van der Waals surface area (Å²) in [7, 11) is 1.62. The molecule has 0 bridgehead atoms. The van der Waals surface area contributed by atoms with Crippen LogP contribution in [0.2, 0.25) is 0 Å². The first-order chi connectivity index (χ1) is 15.0. The maximum Gasteiger partial charge on any atom is 0.267 e. The molecule has 0 saturated carbocycles. The van der Waals surface area contributed by atoms with Gasteiger partial charge in [-0.05, 0) is 42.0 Å². The number of benzene rings is 3. The smallest absolute Gasteiger partial charge is 0.267 e. The Morgan fingerprint density at radius 1 is 0.903 bits per heavy atom. The summed E-state index contributed by atoms with van der Waals surface area (Å²) in [5.74, 6) is 1.20. The molecule has 4 rings (SSSR count). The normalized spacial score (nSPS) is 10.5. The first-order valence-electron chi connectivity index (χ1n) is 9.80. The molecule has 3 aromatic carbocycles. The molecular formula is C25H21N3O3. The van der Waals surface area contributed by atoms with Crippen molar-refractivity contribution in [3.8, 4) is 33.9 Å². The number of ether oxygens (including phenoxy) is 1. The average Bonchev–Trinajstić information content (AvgIpc) is 2.77. The molecule has 0 radical (unpaired) electrons. The molecule has 0 spiro atoms. The molecule has 1 heterocycles. The fraction of sp³-hybridized carbons (Fsp3) is 0.0800. The highest BCUT2D eigenvalue weighted by molar-refractivity contribution is 5.89. The predicted octanol–water partition coefficient (Wildman–Crippen LogP) is 4.87. The number of carbonyl (C=O) groups excluding carboxylic acids is 1. The van der Waals surface area contributed by atoms with Crippen LogP contribution in [0.4, 0.5) is 5.69 Å². The van der Waals surface area contributed by atoms with Gasteiger partial charge in [0.05, 0.1) is 0 Å². The van der Waals surface area contributed by atoms with Crippen LogP contribution < -0.4 is 15.6 Å². The number of amides is 1. The van der Waals surface area contributed by atoms with Crippen molar-refractivity contribution in [3.05, 3.63) is 95.3 Å². The Balaban J connectivity index is 1.82. The van der Waals surface area contributed by atoms with E-state index in [-0.39, 0.29) is 11.5 Å². The predicted molar refractivity (Wildman–Crippen MR) is 121 cm³/mol. The van der Waals surface area contributed by atoms with Crippen molar-refractivity contribution in [2.75, 3.05) is 5.32 Å². The second kappa shape index (κ2) is 8.67. The Bertz CT molecular complexity index is 1280. The molecule has 31 heavy (non-hydrogen) atoms. The van der Waals surface area contributed by atoms with Crippen molar-refractivity contribution in [2.24, 2.45) is 7.05 Å². The highest BCUT2D eigenvalue weighted by Gasteiger charge is 2.16. The zero-order valence-electron chi connectivity index (χ0n) is 17.2. The van der Waals surface area contributed by atoms with Gasteiger partial charge in [0.1, 0.15) is 17.2 Å². The number of carbonyl (C=O) groups is 1. The Morgan fingerprint density at radius 2 is 1.58 bits per heavy atom. The van der Waals surface area contributed by atoms with Crippen LogP contribution in [-0.2, 0) is 11.8 Å². The minimum atomic E-state index is -0.217. The standard InChI is InChI=1S/C25H21N3O3/c1-17(29)26-19-14-12-18(13-15-19)22-16-24(30)28(2)27-25(22)21-10-6-7-11-23(21)31-20-8-4-3-5-9-20/h3-16H,1-2H3,(H,26,29). The molecule has 0 saturated heterocycles. The molecule has 0 unspecified atom stereocenters. The van der Waals surface area contributed by atoms with Gasteiger partial charge in [0.2, 0.25) is 5.91 Å². The van der Waals surface area contributed by atoms with Gasteiger partial charge in [-0.2, -0.15) is 5.10 Å². The second-order valence-electron chi connectivity index (χ2n) is 7.04. The van der Waals surface area contributed by atoms with Crippen LogP contribution in [0, 0.1) is 0 Å². The summed E-state index contributed by atoms with van der Waals surface area (Å²) in [6, 6.07) is 26.0. The van der Waals surface area contributed by atoms with E-state index < -0.39 is 0 Å². The van der Waals surface area contributed by atoms with Gasteiger partial charge < -0.3 is 10.1 Å². The van der Waals surface area contributed by atoms with Gasteiger partial charge in [-0.3, -0.25) is 9.59 Å². The summed E-state index contributed by atoms with van der Waals surface area (Å²) < 4.78 is 7.42. The summed E-state index contributed by atoms with van der Waals surface area (Å²) in [5.41, 5.74) is 3.35. The number of nitrogens with zero attached hydrogens (tertiary/aromatic N) is 2. The van der Waals surface area contributed by atoms with Gasteiger partial charge in [-0.1, -0.05) is 42.5 Å². The van der Waals surface area contributed by atoms with Crippen molar-refractivity contribution in [1.82, 2.24) is 9.78 Å². The first kappa shape index (κ1) is 20.1. The molecule has 1 aromatic heterocycles. The lowest BCUT2D eigenvalue weighted by molar-refractivity contribution is -0.114. The topological polar surface area (TPSA) is 73.2 Å². The van der Waals surface area contributed by atoms with E-state index in [1.54, 1.807) is 25.2 Å². The van der Waals surface area contributed by atoms with Crippen LogP contribution in [0.3, 0.4) is 0 Å². The molecule has 1 N–H and O–H groups in total. The molecule has 0 aliphatic carbocycles. The van der Waals surface area contributed by atoms with Gasteiger partial charge in [0, 0.05) is 36.9 Å². The molecule has 6 nitrogen and oxygen atoms in total. The van der Waals surface area contributed by atoms with E-state index in [1.165, 1.54) is 11.6 Å². The van der Waals surface area contributed by atoms with Crippen LogP contribution >= 0.6 is 0 Å². The number of hydrogen-bond acceptors (Lipinski definition) is 4. The van der Waals surface area contributed by atoms with Crippen molar-refractivity contribution < 1.29 is 9.53 Å². The summed E-state index contributed by atoms with van der Waals surface area (Å²) >= 11 is 0. The first-order valence-corrected chi connectivity index (χ1v) is 9.80. The van der Waals surface area contributed by atoms with Gasteiger partial charge >= 0.3 is 0 Å². The van der Waals surface area contributed by atoms with E-state index >= 15 is 0 Å². The lowest BCUT2D eigenvalue weighted by atomic mass is 9.99. The van der Waals surface area contributed by atoms with E-state index in [9.17, 15) is 9.59 Å². The summed E-state index contributed by atoms with van der Waals surface area (Å²) in [6.07, 6.45) is 0. The zero-order valence-corrected chi connectivity index (χ0v) is 17.2. The summed E-state index contributed by atoms with van der Waals surface area (Å²) in [5, 5.41) is 7.29. The third kappa shape index (κ3) is 4.53. The highest BCUT2D eigenvalue weighted by atomic mass is 16.5. The monoisotopic (exact) mass is 411 g/mol. The van der Waals surface area contributed by atoms with Crippen molar-refractivity contribution in [3.63, 3.8) is 0 Å². The van der Waals surface area contributed by atoms with Crippen LogP contribution in [0.5, 0.6) is 11.5 Å². The molecule has 1 amide bonds. The molecule has 154 valence electrons. The number of aromatic nitrogens is 2. The minimum Gasteiger partial charge on any atom is -0.457 e. The maximum atomic E-state index is 12.4. The summed E-state index contributed by atoms with van der Waals surface area (Å²) in [6.45, 7) is 1.46. The quantitative estimate of drug-likeness (QED) is 0.509. The fourth-order valence-electron chi connectivity index (χ4n) is 3.26. The van der Waals surface area contributed by atoms with E-state index in [2.05, 4.69) is 10.4 Å². The van der Waals surface area contributed by atoms with Gasteiger partial charge in [0.15, 0.2) is 0 Å². The highest BCUT2D eigenvalue weighted by Crippen LogP contribution is 2.37. The van der Waals surface area contributed by atoms with Crippen LogP contribution in [0.15, 0.2) is 89.7 Å². The molecule has 0 aliphatic heterocycles.